The van der Waals surface area contributed by atoms with Gasteiger partial charge in [-0.2, -0.15) is 0 Å². The Labute approximate surface area is 119 Å². The Morgan fingerprint density at radius 3 is 2.63 bits per heavy atom. The number of halogens is 1. The third-order valence-corrected chi connectivity index (χ3v) is 6.10. The quantitative estimate of drug-likeness (QED) is 0.642. The molecule has 0 bridgehead atoms. The van der Waals surface area contributed by atoms with Gasteiger partial charge in [-0.3, -0.25) is 10.1 Å². The molecule has 10 heteroatoms. The van der Waals surface area contributed by atoms with Crippen LogP contribution in [0.4, 0.5) is 5.69 Å². The highest BCUT2D eigenvalue weighted by molar-refractivity contribution is 7.91. The number of nitro groups is 1. The van der Waals surface area contributed by atoms with Crippen molar-refractivity contribution in [3.05, 3.63) is 20.5 Å². The molecule has 2 N–H and O–H groups in total. The van der Waals surface area contributed by atoms with Crippen LogP contribution in [-0.2, 0) is 10.0 Å². The Bertz CT molecular complexity index is 580. The molecular weight excluding hydrogens is 314 g/mol. The summed E-state index contributed by atoms with van der Waals surface area (Å²) in [7, 11) is -3.74. The molecular formula is C9H12ClN3O4S2. The third-order valence-electron chi connectivity index (χ3n) is 2.77. The summed E-state index contributed by atoms with van der Waals surface area (Å²) in [6.45, 7) is 1.50. The summed E-state index contributed by atoms with van der Waals surface area (Å²) >= 11 is 6.36. The van der Waals surface area contributed by atoms with Crippen molar-refractivity contribution in [3.63, 3.8) is 0 Å². The van der Waals surface area contributed by atoms with Gasteiger partial charge in [0, 0.05) is 12.1 Å². The van der Waals surface area contributed by atoms with Gasteiger partial charge < -0.3 is 5.32 Å². The molecule has 0 saturated carbocycles. The largest absolute Gasteiger partial charge is 0.317 e. The highest BCUT2D eigenvalue weighted by Gasteiger charge is 2.27. The van der Waals surface area contributed by atoms with E-state index in [1.54, 1.807) is 0 Å². The van der Waals surface area contributed by atoms with Crippen molar-refractivity contribution in [2.24, 2.45) is 0 Å². The summed E-state index contributed by atoms with van der Waals surface area (Å²) in [5.74, 6) is 0. The highest BCUT2D eigenvalue weighted by atomic mass is 35.5. The van der Waals surface area contributed by atoms with E-state index in [0.717, 1.165) is 19.2 Å². The number of thiophene rings is 1. The number of hydrogen-bond donors (Lipinski definition) is 2. The lowest BCUT2D eigenvalue weighted by atomic mass is 10.1. The van der Waals surface area contributed by atoms with Gasteiger partial charge in [0.05, 0.1) is 4.92 Å². The summed E-state index contributed by atoms with van der Waals surface area (Å²) in [6, 6.07) is 0.849. The molecule has 7 nitrogen and oxygen atoms in total. The first-order valence-electron chi connectivity index (χ1n) is 5.57. The van der Waals surface area contributed by atoms with E-state index in [0.29, 0.717) is 24.2 Å². The summed E-state index contributed by atoms with van der Waals surface area (Å²) < 4.78 is 26.5. The Hall–Kier alpha value is -0.740. The zero-order chi connectivity index (χ0) is 14.0. The molecule has 0 aliphatic carbocycles. The van der Waals surface area contributed by atoms with Crippen molar-refractivity contribution in [1.82, 2.24) is 10.0 Å². The molecule has 0 amide bonds. The molecule has 19 heavy (non-hydrogen) atoms. The van der Waals surface area contributed by atoms with Crippen molar-refractivity contribution in [3.8, 4) is 0 Å². The zero-order valence-corrected chi connectivity index (χ0v) is 12.1. The molecule has 0 atom stereocenters. The maximum Gasteiger partial charge on any atom is 0.300 e. The van der Waals surface area contributed by atoms with Crippen LogP contribution in [0.1, 0.15) is 12.8 Å². The zero-order valence-electron chi connectivity index (χ0n) is 9.76. The molecule has 1 fully saturated rings. The van der Waals surface area contributed by atoms with Gasteiger partial charge in [0.15, 0.2) is 4.34 Å². The Morgan fingerprint density at radius 2 is 2.11 bits per heavy atom. The van der Waals surface area contributed by atoms with E-state index in [1.165, 1.54) is 0 Å². The molecule has 1 aromatic heterocycles. The van der Waals surface area contributed by atoms with E-state index >= 15 is 0 Å². The maximum atomic E-state index is 12.1. The number of sulfonamides is 1. The summed E-state index contributed by atoms with van der Waals surface area (Å²) in [5.41, 5.74) is -0.377. The van der Waals surface area contributed by atoms with E-state index in [2.05, 4.69) is 10.0 Å². The molecule has 1 aliphatic rings. The van der Waals surface area contributed by atoms with Gasteiger partial charge in [0.25, 0.3) is 15.7 Å². The van der Waals surface area contributed by atoms with Gasteiger partial charge in [-0.05, 0) is 25.9 Å². The molecule has 0 radical (unpaired) electrons. The first-order valence-corrected chi connectivity index (χ1v) is 8.24. The van der Waals surface area contributed by atoms with Crippen LogP contribution in [0.25, 0.3) is 0 Å². The molecule has 1 aliphatic heterocycles. The van der Waals surface area contributed by atoms with Crippen LogP contribution in [0.2, 0.25) is 4.34 Å². The minimum absolute atomic E-state index is 0.122. The fraction of sp³-hybridized carbons (Fsp3) is 0.556. The standard InChI is InChI=1S/C9H12ClN3O4S2/c10-9-7(13(14)15)5-8(18-9)19(16,17)12-6-1-3-11-4-2-6/h5-6,11-12H,1-4H2. The van der Waals surface area contributed by atoms with Crippen LogP contribution in [0, 0.1) is 10.1 Å². The Morgan fingerprint density at radius 1 is 1.47 bits per heavy atom. The second kappa shape index (κ2) is 5.71. The van der Waals surface area contributed by atoms with Gasteiger partial charge in [-0.25, -0.2) is 13.1 Å². The van der Waals surface area contributed by atoms with Crippen molar-refractivity contribution in [2.45, 2.75) is 23.1 Å². The van der Waals surface area contributed by atoms with Crippen LogP contribution in [0.15, 0.2) is 10.3 Å². The minimum atomic E-state index is -3.74. The first-order chi connectivity index (χ1) is 8.90. The minimum Gasteiger partial charge on any atom is -0.317 e. The second-order valence-electron chi connectivity index (χ2n) is 4.13. The molecule has 0 aromatic carbocycles. The van der Waals surface area contributed by atoms with Gasteiger partial charge >= 0.3 is 0 Å². The van der Waals surface area contributed by atoms with Crippen LogP contribution >= 0.6 is 22.9 Å². The predicted molar refractivity (Wildman–Crippen MR) is 72.2 cm³/mol. The van der Waals surface area contributed by atoms with Gasteiger partial charge in [-0.1, -0.05) is 11.6 Å². The maximum absolute atomic E-state index is 12.1. The second-order valence-corrected chi connectivity index (χ2v) is 7.72. The number of nitrogens with zero attached hydrogens (tertiary/aromatic N) is 1. The smallest absolute Gasteiger partial charge is 0.300 e. The number of nitrogens with one attached hydrogen (secondary N) is 2. The van der Waals surface area contributed by atoms with Crippen LogP contribution in [0.3, 0.4) is 0 Å². The molecule has 0 unspecified atom stereocenters. The van der Waals surface area contributed by atoms with Crippen LogP contribution < -0.4 is 10.0 Å². The molecule has 2 heterocycles. The van der Waals surface area contributed by atoms with E-state index in [-0.39, 0.29) is 20.3 Å². The lowest BCUT2D eigenvalue weighted by Gasteiger charge is -2.22. The fourth-order valence-corrected chi connectivity index (χ4v) is 4.80. The van der Waals surface area contributed by atoms with Crippen LogP contribution in [0.5, 0.6) is 0 Å². The lowest BCUT2D eigenvalue weighted by Crippen LogP contribution is -2.42. The number of rotatable bonds is 4. The average Bonchev–Trinajstić information content (AvgIpc) is 2.73. The van der Waals surface area contributed by atoms with Crippen LogP contribution in [-0.4, -0.2) is 32.5 Å². The number of piperidine rings is 1. The van der Waals surface area contributed by atoms with Crippen molar-refractivity contribution >= 4 is 38.6 Å². The van der Waals surface area contributed by atoms with E-state index in [4.69, 9.17) is 11.6 Å². The SMILES string of the molecule is O=[N+]([O-])c1cc(S(=O)(=O)NC2CCNCC2)sc1Cl. The van der Waals surface area contributed by atoms with E-state index in [1.807, 2.05) is 0 Å². The third kappa shape index (κ3) is 3.42. The molecule has 2 rings (SSSR count). The summed E-state index contributed by atoms with van der Waals surface area (Å²) in [4.78, 5) is 9.96. The van der Waals surface area contributed by atoms with E-state index in [9.17, 15) is 18.5 Å². The lowest BCUT2D eigenvalue weighted by molar-refractivity contribution is -0.384. The first kappa shape index (κ1) is 14.7. The van der Waals surface area contributed by atoms with Crippen molar-refractivity contribution in [2.75, 3.05) is 13.1 Å². The van der Waals surface area contributed by atoms with Gasteiger partial charge in [-0.15, -0.1) is 11.3 Å². The van der Waals surface area contributed by atoms with Crippen molar-refractivity contribution in [1.29, 1.82) is 0 Å². The monoisotopic (exact) mass is 325 g/mol. The Kier molecular flexibility index (Phi) is 4.41. The summed E-state index contributed by atoms with van der Waals surface area (Å²) in [5, 5.41) is 13.8. The predicted octanol–water partition coefficient (Wildman–Crippen LogP) is 1.34. The molecule has 1 aromatic rings. The molecule has 0 spiro atoms. The fourth-order valence-electron chi connectivity index (χ4n) is 1.81. The topological polar surface area (TPSA) is 101 Å². The molecule has 1 saturated heterocycles. The van der Waals surface area contributed by atoms with Gasteiger partial charge in [0.1, 0.15) is 4.21 Å². The molecule has 106 valence electrons. The van der Waals surface area contributed by atoms with E-state index < -0.39 is 14.9 Å². The number of hydrogen-bond acceptors (Lipinski definition) is 6. The van der Waals surface area contributed by atoms with Crippen molar-refractivity contribution < 1.29 is 13.3 Å². The Balaban J connectivity index is 2.19. The summed E-state index contributed by atoms with van der Waals surface area (Å²) in [6.07, 6.45) is 1.39. The normalized spacial score (nSPS) is 17.5. The van der Waals surface area contributed by atoms with Gasteiger partial charge in [0.2, 0.25) is 0 Å². The highest BCUT2D eigenvalue weighted by Crippen LogP contribution is 2.36. The average molecular weight is 326 g/mol.